The van der Waals surface area contributed by atoms with E-state index >= 15 is 0 Å². The highest BCUT2D eigenvalue weighted by atomic mass is 16.7. The van der Waals surface area contributed by atoms with Gasteiger partial charge < -0.3 is 39.4 Å². The Bertz CT molecular complexity index is 827. The van der Waals surface area contributed by atoms with E-state index in [9.17, 15) is 25.2 Å². The van der Waals surface area contributed by atoms with E-state index in [2.05, 4.69) is 13.8 Å². The minimum Gasteiger partial charge on any atom is -0.457 e. The molecule has 6 unspecified atom stereocenters. The molecule has 9 heteroatoms. The van der Waals surface area contributed by atoms with Crippen LogP contribution in [-0.2, 0) is 23.7 Å². The third-order valence-electron chi connectivity index (χ3n) is 11.5. The Labute approximate surface area is 344 Å². The Balaban J connectivity index is 2.12. The van der Waals surface area contributed by atoms with Crippen molar-refractivity contribution in [3.8, 4) is 0 Å². The van der Waals surface area contributed by atoms with Gasteiger partial charge in [0.15, 0.2) is 6.29 Å². The molecule has 1 aliphatic heterocycles. The SMILES string of the molecule is CCCCCCCCCCCCCCCCCCCCCCCCCCC(=O)OC(COCCCCCCCCCCC)COC1OC(CO)C(O)C(O)C1O. The van der Waals surface area contributed by atoms with Gasteiger partial charge in [-0.15, -0.1) is 0 Å². The summed E-state index contributed by atoms with van der Waals surface area (Å²) < 4.78 is 22.8. The molecule has 0 aromatic heterocycles. The summed E-state index contributed by atoms with van der Waals surface area (Å²) >= 11 is 0. The molecule has 0 bridgehead atoms. The van der Waals surface area contributed by atoms with Gasteiger partial charge in [-0.05, 0) is 12.8 Å². The van der Waals surface area contributed by atoms with Crippen LogP contribution >= 0.6 is 0 Å². The van der Waals surface area contributed by atoms with Crippen LogP contribution in [0.5, 0.6) is 0 Å². The van der Waals surface area contributed by atoms with Crippen molar-refractivity contribution in [1.29, 1.82) is 0 Å². The number of ether oxygens (including phenoxy) is 4. The Morgan fingerprint density at radius 1 is 0.500 bits per heavy atom. The maximum absolute atomic E-state index is 12.8. The standard InChI is InChI=1S/C47H92O9/c1-3-5-7-9-11-13-14-15-16-17-18-19-20-21-22-23-24-25-26-27-28-30-32-34-36-43(49)55-41(39-53-37-35-33-31-29-12-10-8-6-4-2)40-54-47-46(52)45(51)44(50)42(38-48)56-47/h41-42,44-48,50-52H,3-40H2,1-2H3. The zero-order chi connectivity index (χ0) is 40.7. The summed E-state index contributed by atoms with van der Waals surface area (Å²) in [7, 11) is 0. The van der Waals surface area contributed by atoms with E-state index in [-0.39, 0.29) is 19.2 Å². The summed E-state index contributed by atoms with van der Waals surface area (Å²) in [5.74, 6) is -0.308. The fraction of sp³-hybridized carbons (Fsp3) is 0.979. The average Bonchev–Trinajstić information content (AvgIpc) is 3.20. The van der Waals surface area contributed by atoms with E-state index in [1.165, 1.54) is 180 Å². The van der Waals surface area contributed by atoms with Gasteiger partial charge in [-0.3, -0.25) is 4.79 Å². The summed E-state index contributed by atoms with van der Waals surface area (Å²) in [4.78, 5) is 12.8. The van der Waals surface area contributed by atoms with Crippen molar-refractivity contribution in [2.45, 2.75) is 269 Å². The van der Waals surface area contributed by atoms with Crippen molar-refractivity contribution >= 4 is 5.97 Å². The minimum absolute atomic E-state index is 0.106. The van der Waals surface area contributed by atoms with Crippen LogP contribution in [0.2, 0.25) is 0 Å². The predicted octanol–water partition coefficient (Wildman–Crippen LogP) is 11.0. The maximum Gasteiger partial charge on any atom is 0.306 e. The molecular formula is C47H92O9. The van der Waals surface area contributed by atoms with E-state index < -0.39 is 43.4 Å². The van der Waals surface area contributed by atoms with Crippen LogP contribution in [0.15, 0.2) is 0 Å². The topological polar surface area (TPSA) is 135 Å². The zero-order valence-electron chi connectivity index (χ0n) is 36.7. The molecule has 0 spiro atoms. The average molecular weight is 801 g/mol. The van der Waals surface area contributed by atoms with E-state index in [0.29, 0.717) is 13.0 Å². The van der Waals surface area contributed by atoms with E-state index in [1.807, 2.05) is 0 Å². The number of aliphatic hydroxyl groups is 4. The summed E-state index contributed by atoms with van der Waals surface area (Å²) in [6.45, 7) is 4.59. The number of hydrogen-bond acceptors (Lipinski definition) is 9. The molecule has 9 nitrogen and oxygen atoms in total. The molecule has 1 fully saturated rings. The first-order chi connectivity index (χ1) is 27.4. The lowest BCUT2D eigenvalue weighted by atomic mass is 9.99. The number of carbonyl (C=O) groups excluding carboxylic acids is 1. The van der Waals surface area contributed by atoms with Crippen molar-refractivity contribution in [2.24, 2.45) is 0 Å². The molecule has 1 rings (SSSR count). The molecule has 0 aromatic carbocycles. The van der Waals surface area contributed by atoms with Gasteiger partial charge in [0.2, 0.25) is 0 Å². The summed E-state index contributed by atoms with van der Waals surface area (Å²) in [5, 5.41) is 40.1. The smallest absolute Gasteiger partial charge is 0.306 e. The predicted molar refractivity (Wildman–Crippen MR) is 229 cm³/mol. The van der Waals surface area contributed by atoms with Gasteiger partial charge >= 0.3 is 5.97 Å². The van der Waals surface area contributed by atoms with Gasteiger partial charge in [0.1, 0.15) is 30.5 Å². The number of hydrogen-bond donors (Lipinski definition) is 4. The molecular weight excluding hydrogens is 709 g/mol. The molecule has 6 atom stereocenters. The monoisotopic (exact) mass is 801 g/mol. The highest BCUT2D eigenvalue weighted by Gasteiger charge is 2.44. The lowest BCUT2D eigenvalue weighted by molar-refractivity contribution is -0.305. The van der Waals surface area contributed by atoms with Gasteiger partial charge in [-0.2, -0.15) is 0 Å². The van der Waals surface area contributed by atoms with Crippen molar-refractivity contribution in [2.75, 3.05) is 26.4 Å². The Hall–Kier alpha value is -0.810. The van der Waals surface area contributed by atoms with Crippen molar-refractivity contribution in [3.05, 3.63) is 0 Å². The fourth-order valence-electron chi connectivity index (χ4n) is 7.73. The molecule has 0 aliphatic carbocycles. The first-order valence-corrected chi connectivity index (χ1v) is 24.1. The third-order valence-corrected chi connectivity index (χ3v) is 11.5. The molecule has 334 valence electrons. The van der Waals surface area contributed by atoms with Crippen LogP contribution in [-0.4, -0.2) is 89.6 Å². The van der Waals surface area contributed by atoms with Crippen LogP contribution in [0.25, 0.3) is 0 Å². The number of aliphatic hydroxyl groups excluding tert-OH is 4. The normalized spacial score (nSPS) is 20.4. The summed E-state index contributed by atoms with van der Waals surface area (Å²) in [6.07, 6.45) is 35.8. The second-order valence-electron chi connectivity index (χ2n) is 16.9. The summed E-state index contributed by atoms with van der Waals surface area (Å²) in [5.41, 5.74) is 0. The molecule has 0 amide bonds. The molecule has 56 heavy (non-hydrogen) atoms. The number of unbranched alkanes of at least 4 members (excludes halogenated alkanes) is 31. The highest BCUT2D eigenvalue weighted by Crippen LogP contribution is 2.23. The third kappa shape index (κ3) is 30.3. The Kier molecular flexibility index (Phi) is 37.7. The van der Waals surface area contributed by atoms with Crippen molar-refractivity contribution in [1.82, 2.24) is 0 Å². The second kappa shape index (κ2) is 39.6. The first kappa shape index (κ1) is 53.2. The Morgan fingerprint density at radius 2 is 0.875 bits per heavy atom. The minimum atomic E-state index is -1.53. The molecule has 0 radical (unpaired) electrons. The lowest BCUT2D eigenvalue weighted by Crippen LogP contribution is -2.59. The van der Waals surface area contributed by atoms with Gasteiger partial charge in [-0.25, -0.2) is 0 Å². The van der Waals surface area contributed by atoms with Crippen LogP contribution in [0, 0.1) is 0 Å². The van der Waals surface area contributed by atoms with Crippen LogP contribution < -0.4 is 0 Å². The Morgan fingerprint density at radius 3 is 1.27 bits per heavy atom. The number of carbonyl (C=O) groups is 1. The molecule has 0 aromatic rings. The second-order valence-corrected chi connectivity index (χ2v) is 16.9. The first-order valence-electron chi connectivity index (χ1n) is 24.1. The number of rotatable bonds is 42. The van der Waals surface area contributed by atoms with Crippen LogP contribution in [0.4, 0.5) is 0 Å². The van der Waals surface area contributed by atoms with Gasteiger partial charge in [0.25, 0.3) is 0 Å². The van der Waals surface area contributed by atoms with Gasteiger partial charge in [0, 0.05) is 13.0 Å². The van der Waals surface area contributed by atoms with Crippen molar-refractivity contribution < 1.29 is 44.2 Å². The quantitative estimate of drug-likeness (QED) is 0.0351. The van der Waals surface area contributed by atoms with Crippen LogP contribution in [0.3, 0.4) is 0 Å². The van der Waals surface area contributed by atoms with Gasteiger partial charge in [0.05, 0.1) is 19.8 Å². The molecule has 1 saturated heterocycles. The van der Waals surface area contributed by atoms with Crippen LogP contribution in [0.1, 0.15) is 232 Å². The van der Waals surface area contributed by atoms with Gasteiger partial charge in [-0.1, -0.05) is 213 Å². The van der Waals surface area contributed by atoms with Crippen molar-refractivity contribution in [3.63, 3.8) is 0 Å². The van der Waals surface area contributed by atoms with E-state index in [0.717, 1.165) is 32.1 Å². The highest BCUT2D eigenvalue weighted by molar-refractivity contribution is 5.69. The maximum atomic E-state index is 12.8. The lowest BCUT2D eigenvalue weighted by Gasteiger charge is -2.39. The fourth-order valence-corrected chi connectivity index (χ4v) is 7.73. The molecule has 4 N–H and O–H groups in total. The largest absolute Gasteiger partial charge is 0.457 e. The molecule has 1 aliphatic rings. The molecule has 0 saturated carbocycles. The van der Waals surface area contributed by atoms with E-state index in [1.54, 1.807) is 0 Å². The zero-order valence-corrected chi connectivity index (χ0v) is 36.7. The molecule has 1 heterocycles. The summed E-state index contributed by atoms with van der Waals surface area (Å²) in [6, 6.07) is 0. The van der Waals surface area contributed by atoms with E-state index in [4.69, 9.17) is 18.9 Å². The number of esters is 1.